The maximum Gasteiger partial charge on any atom is 0.573 e. The quantitative estimate of drug-likeness (QED) is 0.169. The van der Waals surface area contributed by atoms with Gasteiger partial charge in [0.15, 0.2) is 0 Å². The van der Waals surface area contributed by atoms with Gasteiger partial charge in [-0.05, 0) is 60.9 Å². The molecule has 3 rings (SSSR count). The molecular formula is C35H42F3N3O6. The van der Waals surface area contributed by atoms with Crippen LogP contribution in [-0.2, 0) is 33.6 Å². The van der Waals surface area contributed by atoms with E-state index >= 15 is 0 Å². The van der Waals surface area contributed by atoms with E-state index in [0.29, 0.717) is 19.4 Å². The molecule has 0 heterocycles. The van der Waals surface area contributed by atoms with E-state index in [0.717, 1.165) is 23.3 Å². The molecule has 0 aliphatic rings. The first kappa shape index (κ1) is 36.9. The molecule has 12 heteroatoms. The van der Waals surface area contributed by atoms with Crippen LogP contribution in [0, 0.1) is 5.92 Å². The van der Waals surface area contributed by atoms with Gasteiger partial charge in [0.05, 0.1) is 13.5 Å². The van der Waals surface area contributed by atoms with E-state index < -0.39 is 48.0 Å². The highest BCUT2D eigenvalue weighted by molar-refractivity contribution is 5.89. The lowest BCUT2D eigenvalue weighted by Crippen LogP contribution is -2.53. The monoisotopic (exact) mass is 657 g/mol. The van der Waals surface area contributed by atoms with Gasteiger partial charge in [0.25, 0.3) is 0 Å². The molecule has 9 nitrogen and oxygen atoms in total. The Bertz CT molecular complexity index is 1440. The predicted molar refractivity (Wildman–Crippen MR) is 171 cm³/mol. The average Bonchev–Trinajstić information content (AvgIpc) is 3.02. The summed E-state index contributed by atoms with van der Waals surface area (Å²) < 4.78 is 47.4. The molecular weight excluding hydrogens is 615 g/mol. The molecule has 47 heavy (non-hydrogen) atoms. The Morgan fingerprint density at radius 1 is 0.851 bits per heavy atom. The summed E-state index contributed by atoms with van der Waals surface area (Å²) in [4.78, 5) is 39.1. The van der Waals surface area contributed by atoms with Crippen LogP contribution >= 0.6 is 0 Å². The minimum absolute atomic E-state index is 0.0871. The summed E-state index contributed by atoms with van der Waals surface area (Å²) in [6.07, 6.45) is -5.17. The van der Waals surface area contributed by atoms with E-state index in [9.17, 15) is 32.7 Å². The Kier molecular flexibility index (Phi) is 14.1. The highest BCUT2D eigenvalue weighted by Gasteiger charge is 2.32. The fourth-order valence-corrected chi connectivity index (χ4v) is 5.02. The number of aliphatic hydroxyl groups is 1. The van der Waals surface area contributed by atoms with E-state index in [2.05, 4.69) is 20.7 Å². The van der Waals surface area contributed by atoms with Crippen molar-refractivity contribution in [2.24, 2.45) is 5.92 Å². The van der Waals surface area contributed by atoms with Gasteiger partial charge in [0.1, 0.15) is 23.6 Å². The van der Waals surface area contributed by atoms with Crippen LogP contribution in [0.2, 0.25) is 0 Å². The standard InChI is InChI=1S/C35H42F3N3O6/c1-23(2)32(41-31(43)22-26-21-28(47-35(36,37)38)15-17-30(26)46-3)34(45)40-27(20-25-12-8-5-9-13-25)14-16-29(42)33(44)39-19-18-24-10-6-4-7-11-24/h4-13,15,17,21,23,27,29,32,42H,14,16,18-20,22H2,1-3H3,(H,39,44)(H,40,45)(H,41,43)/t27?,29?,32-/m0/s1. The zero-order valence-electron chi connectivity index (χ0n) is 26.7. The molecule has 0 aromatic heterocycles. The van der Waals surface area contributed by atoms with Crippen molar-refractivity contribution in [3.8, 4) is 11.5 Å². The van der Waals surface area contributed by atoms with Crippen molar-refractivity contribution in [3.63, 3.8) is 0 Å². The summed E-state index contributed by atoms with van der Waals surface area (Å²) in [6, 6.07) is 21.0. The number of alkyl halides is 3. The first-order valence-electron chi connectivity index (χ1n) is 15.4. The number of halogens is 3. The van der Waals surface area contributed by atoms with Crippen molar-refractivity contribution >= 4 is 17.7 Å². The molecule has 254 valence electrons. The molecule has 2 unspecified atom stereocenters. The zero-order chi connectivity index (χ0) is 34.4. The molecule has 3 aromatic rings. The van der Waals surface area contributed by atoms with E-state index in [1.54, 1.807) is 13.8 Å². The largest absolute Gasteiger partial charge is 0.573 e. The molecule has 0 aliphatic heterocycles. The summed E-state index contributed by atoms with van der Waals surface area (Å²) in [5.74, 6) is -2.25. The summed E-state index contributed by atoms with van der Waals surface area (Å²) in [5.41, 5.74) is 2.13. The molecule has 0 radical (unpaired) electrons. The molecule has 4 N–H and O–H groups in total. The van der Waals surface area contributed by atoms with Crippen LogP contribution in [0.15, 0.2) is 78.9 Å². The first-order chi connectivity index (χ1) is 22.3. The fraction of sp³-hybridized carbons (Fsp3) is 0.400. The lowest BCUT2D eigenvalue weighted by atomic mass is 9.97. The Balaban J connectivity index is 1.64. The zero-order valence-corrected chi connectivity index (χ0v) is 26.7. The smallest absolute Gasteiger partial charge is 0.496 e. The third-order valence-electron chi connectivity index (χ3n) is 7.42. The van der Waals surface area contributed by atoms with Crippen molar-refractivity contribution in [2.45, 2.75) is 70.5 Å². The molecule has 3 aromatic carbocycles. The van der Waals surface area contributed by atoms with Gasteiger partial charge in [0, 0.05) is 18.2 Å². The Morgan fingerprint density at radius 3 is 2.09 bits per heavy atom. The molecule has 0 bridgehead atoms. The molecule has 3 amide bonds. The minimum atomic E-state index is -4.91. The first-order valence-corrected chi connectivity index (χ1v) is 15.4. The van der Waals surface area contributed by atoms with Gasteiger partial charge in [0.2, 0.25) is 17.7 Å². The number of rotatable bonds is 17. The average molecular weight is 658 g/mol. The third kappa shape index (κ3) is 13.0. The maximum atomic E-state index is 13.5. The third-order valence-corrected chi connectivity index (χ3v) is 7.42. The van der Waals surface area contributed by atoms with Crippen molar-refractivity contribution < 1.29 is 42.1 Å². The normalized spacial score (nSPS) is 13.3. The second-order valence-electron chi connectivity index (χ2n) is 11.5. The maximum absolute atomic E-state index is 13.5. The lowest BCUT2D eigenvalue weighted by Gasteiger charge is -2.26. The number of benzene rings is 3. The summed E-state index contributed by atoms with van der Waals surface area (Å²) in [6.45, 7) is 3.86. The van der Waals surface area contributed by atoms with Crippen LogP contribution in [0.3, 0.4) is 0 Å². The van der Waals surface area contributed by atoms with Gasteiger partial charge in [-0.2, -0.15) is 0 Å². The van der Waals surface area contributed by atoms with Crippen LogP contribution in [0.4, 0.5) is 13.2 Å². The number of amides is 3. The Morgan fingerprint density at radius 2 is 1.49 bits per heavy atom. The van der Waals surface area contributed by atoms with Crippen LogP contribution in [0.1, 0.15) is 43.4 Å². The van der Waals surface area contributed by atoms with Gasteiger partial charge in [-0.3, -0.25) is 14.4 Å². The lowest BCUT2D eigenvalue weighted by molar-refractivity contribution is -0.274. The number of carbonyl (C=O) groups excluding carboxylic acids is 3. The van der Waals surface area contributed by atoms with Gasteiger partial charge in [-0.25, -0.2) is 0 Å². The van der Waals surface area contributed by atoms with Crippen molar-refractivity contribution in [1.29, 1.82) is 0 Å². The van der Waals surface area contributed by atoms with Gasteiger partial charge >= 0.3 is 6.36 Å². The van der Waals surface area contributed by atoms with Crippen LogP contribution in [0.25, 0.3) is 0 Å². The van der Waals surface area contributed by atoms with Gasteiger partial charge in [-0.15, -0.1) is 13.2 Å². The SMILES string of the molecule is COc1ccc(OC(F)(F)F)cc1CC(=O)N[C@H](C(=O)NC(CCC(O)C(=O)NCCc1ccccc1)Cc1ccccc1)C(C)C. The molecule has 0 saturated heterocycles. The molecule has 3 atom stereocenters. The Labute approximate surface area is 272 Å². The highest BCUT2D eigenvalue weighted by Crippen LogP contribution is 2.29. The second kappa shape index (κ2) is 17.9. The van der Waals surface area contributed by atoms with Crippen molar-refractivity contribution in [1.82, 2.24) is 16.0 Å². The molecule has 0 fully saturated rings. The summed E-state index contributed by atoms with van der Waals surface area (Å²) in [7, 11) is 1.32. The van der Waals surface area contributed by atoms with Crippen LogP contribution in [-0.4, -0.2) is 61.0 Å². The molecule has 0 saturated carbocycles. The fourth-order valence-electron chi connectivity index (χ4n) is 5.02. The minimum Gasteiger partial charge on any atom is -0.496 e. The van der Waals surface area contributed by atoms with Crippen LogP contribution < -0.4 is 25.4 Å². The van der Waals surface area contributed by atoms with E-state index in [4.69, 9.17) is 4.74 Å². The number of aliphatic hydroxyl groups excluding tert-OH is 1. The topological polar surface area (TPSA) is 126 Å². The van der Waals surface area contributed by atoms with Gasteiger partial charge in [-0.1, -0.05) is 74.5 Å². The number of nitrogens with one attached hydrogen (secondary N) is 3. The number of hydrogen-bond donors (Lipinski definition) is 4. The number of carbonyl (C=O) groups is 3. The number of ether oxygens (including phenoxy) is 2. The van der Waals surface area contributed by atoms with E-state index in [1.807, 2.05) is 60.7 Å². The molecule has 0 aliphatic carbocycles. The predicted octanol–water partition coefficient (Wildman–Crippen LogP) is 4.50. The highest BCUT2D eigenvalue weighted by atomic mass is 19.4. The van der Waals surface area contributed by atoms with Crippen molar-refractivity contribution in [3.05, 3.63) is 95.6 Å². The summed E-state index contributed by atoms with van der Waals surface area (Å²) in [5, 5.41) is 19.0. The van der Waals surface area contributed by atoms with E-state index in [-0.39, 0.29) is 36.5 Å². The van der Waals surface area contributed by atoms with Crippen LogP contribution in [0.5, 0.6) is 11.5 Å². The van der Waals surface area contributed by atoms with Crippen molar-refractivity contribution in [2.75, 3.05) is 13.7 Å². The van der Waals surface area contributed by atoms with E-state index in [1.165, 1.54) is 13.2 Å². The summed E-state index contributed by atoms with van der Waals surface area (Å²) >= 11 is 0. The number of methoxy groups -OCH3 is 1. The van der Waals surface area contributed by atoms with Gasteiger partial charge < -0.3 is 30.5 Å². The Hall–Kier alpha value is -4.58. The second-order valence-corrected chi connectivity index (χ2v) is 11.5. The molecule has 0 spiro atoms. The number of hydrogen-bond acceptors (Lipinski definition) is 6.